The zero-order valence-electron chi connectivity index (χ0n) is 12.6. The Balaban J connectivity index is 2.83. The van der Waals surface area contributed by atoms with E-state index >= 15 is 0 Å². The first-order chi connectivity index (χ1) is 8.51. The topological polar surface area (TPSA) is 59.9 Å². The van der Waals surface area contributed by atoms with Crippen LogP contribution in [0.2, 0.25) is 0 Å². The maximum absolute atomic E-state index is 11.9. The van der Waals surface area contributed by atoms with Gasteiger partial charge in [-0.2, -0.15) is 0 Å². The van der Waals surface area contributed by atoms with E-state index in [1.54, 1.807) is 33.2 Å². The average Bonchev–Trinajstić information content (AvgIpc) is 2.26. The summed E-state index contributed by atoms with van der Waals surface area (Å²) in [7, 11) is 0. The number of carbonyl (C=O) groups is 2. The van der Waals surface area contributed by atoms with E-state index in [-0.39, 0.29) is 29.2 Å². The van der Waals surface area contributed by atoms with Crippen LogP contribution in [0.1, 0.15) is 64.1 Å². The highest BCUT2D eigenvalue weighted by atomic mass is 16.1. The van der Waals surface area contributed by atoms with Gasteiger partial charge in [0, 0.05) is 17.8 Å². The van der Waals surface area contributed by atoms with E-state index in [2.05, 4.69) is 30.7 Å². The fourth-order valence-electron chi connectivity index (χ4n) is 1.35. The first-order valence-electron chi connectivity index (χ1n) is 6.41. The van der Waals surface area contributed by atoms with Crippen LogP contribution in [0, 0.1) is 5.41 Å². The molecule has 4 nitrogen and oxygen atoms in total. The van der Waals surface area contributed by atoms with Gasteiger partial charge in [0.05, 0.1) is 6.42 Å². The number of aromatic nitrogens is 2. The number of hydrogen-bond acceptors (Lipinski definition) is 4. The lowest BCUT2D eigenvalue weighted by atomic mass is 9.87. The molecule has 1 rings (SSSR count). The van der Waals surface area contributed by atoms with Gasteiger partial charge in [-0.3, -0.25) is 9.59 Å². The summed E-state index contributed by atoms with van der Waals surface area (Å²) in [6.45, 7) is 11.5. The van der Waals surface area contributed by atoms with Gasteiger partial charge in [0.2, 0.25) is 5.78 Å². The van der Waals surface area contributed by atoms with Crippen molar-refractivity contribution in [3.8, 4) is 0 Å². The second kappa shape index (κ2) is 5.19. The molecule has 0 atom stereocenters. The fourth-order valence-corrected chi connectivity index (χ4v) is 1.35. The summed E-state index contributed by atoms with van der Waals surface area (Å²) in [6, 6.07) is 0. The van der Waals surface area contributed by atoms with Gasteiger partial charge in [-0.15, -0.1) is 0 Å². The molecule has 0 spiro atoms. The number of Topliss-reactive ketones (excluding diaryl/α,β-unsaturated/α-hetero) is 2. The van der Waals surface area contributed by atoms with Crippen molar-refractivity contribution in [3.63, 3.8) is 0 Å². The van der Waals surface area contributed by atoms with E-state index in [4.69, 9.17) is 0 Å². The lowest BCUT2D eigenvalue weighted by Gasteiger charge is -2.18. The molecular formula is C15H22N2O2. The highest BCUT2D eigenvalue weighted by Gasteiger charge is 2.25. The molecule has 19 heavy (non-hydrogen) atoms. The Morgan fingerprint density at radius 2 is 1.47 bits per heavy atom. The molecule has 1 heterocycles. The summed E-state index contributed by atoms with van der Waals surface area (Å²) in [6.07, 6.45) is 3.17. The van der Waals surface area contributed by atoms with E-state index in [9.17, 15) is 9.59 Å². The molecule has 0 aliphatic rings. The van der Waals surface area contributed by atoms with E-state index in [1.807, 2.05) is 0 Å². The van der Waals surface area contributed by atoms with Crippen LogP contribution >= 0.6 is 0 Å². The van der Waals surface area contributed by atoms with Crippen molar-refractivity contribution in [2.45, 2.75) is 53.4 Å². The normalized spacial score (nSPS) is 12.3. The molecule has 0 saturated carbocycles. The number of hydrogen-bond donors (Lipinski definition) is 0. The van der Waals surface area contributed by atoms with Crippen molar-refractivity contribution in [2.24, 2.45) is 5.41 Å². The van der Waals surface area contributed by atoms with Crippen molar-refractivity contribution in [3.05, 3.63) is 23.8 Å². The zero-order valence-corrected chi connectivity index (χ0v) is 12.6. The number of rotatable bonds is 3. The molecule has 104 valence electrons. The number of carbonyl (C=O) groups excluding carboxylic acids is 2. The van der Waals surface area contributed by atoms with Crippen LogP contribution in [-0.2, 0) is 10.2 Å². The maximum Gasteiger partial charge on any atom is 0.207 e. The molecule has 0 fully saturated rings. The van der Waals surface area contributed by atoms with Crippen LogP contribution in [0.4, 0.5) is 0 Å². The largest absolute Gasteiger partial charge is 0.299 e. The van der Waals surface area contributed by atoms with Crippen LogP contribution in [0.15, 0.2) is 12.4 Å². The van der Waals surface area contributed by atoms with Crippen LogP contribution in [0.5, 0.6) is 0 Å². The zero-order chi connectivity index (χ0) is 14.8. The van der Waals surface area contributed by atoms with Gasteiger partial charge in [-0.25, -0.2) is 9.97 Å². The molecule has 4 heteroatoms. The van der Waals surface area contributed by atoms with Gasteiger partial charge in [0.15, 0.2) is 5.82 Å². The number of ketones is 2. The molecule has 0 N–H and O–H groups in total. The summed E-state index contributed by atoms with van der Waals surface area (Å²) in [5, 5.41) is 0. The summed E-state index contributed by atoms with van der Waals surface area (Å²) in [5.41, 5.74) is 0.398. The third kappa shape index (κ3) is 4.23. The minimum absolute atomic E-state index is 0.0528. The Bertz CT molecular complexity index is 476. The van der Waals surface area contributed by atoms with Gasteiger partial charge >= 0.3 is 0 Å². The molecule has 0 saturated heterocycles. The predicted molar refractivity (Wildman–Crippen MR) is 74.1 cm³/mol. The van der Waals surface area contributed by atoms with E-state index in [0.29, 0.717) is 0 Å². The Kier molecular flexibility index (Phi) is 4.23. The van der Waals surface area contributed by atoms with Crippen LogP contribution < -0.4 is 0 Å². The Labute approximate surface area is 114 Å². The van der Waals surface area contributed by atoms with Crippen LogP contribution in [-0.4, -0.2) is 21.5 Å². The van der Waals surface area contributed by atoms with Crippen LogP contribution in [0.3, 0.4) is 0 Å². The lowest BCUT2D eigenvalue weighted by Crippen LogP contribution is -2.24. The minimum atomic E-state index is -0.513. The van der Waals surface area contributed by atoms with Crippen molar-refractivity contribution in [1.29, 1.82) is 0 Å². The van der Waals surface area contributed by atoms with Crippen molar-refractivity contribution in [1.82, 2.24) is 9.97 Å². The predicted octanol–water partition coefficient (Wildman–Crippen LogP) is 2.96. The summed E-state index contributed by atoms with van der Waals surface area (Å²) in [4.78, 5) is 31.8. The standard InChI is InChI=1S/C15H22N2O2/c1-14(2,3)10-8-16-13(17-9-10)11(18)7-12(19)15(4,5)6/h8-9H,7H2,1-6H3. The summed E-state index contributed by atoms with van der Waals surface area (Å²) in [5.74, 6) is -0.299. The summed E-state index contributed by atoms with van der Waals surface area (Å²) < 4.78 is 0. The van der Waals surface area contributed by atoms with Gasteiger partial charge in [0.25, 0.3) is 0 Å². The molecule has 0 amide bonds. The fraction of sp³-hybridized carbons (Fsp3) is 0.600. The van der Waals surface area contributed by atoms with E-state index < -0.39 is 5.41 Å². The molecule has 1 aromatic rings. The van der Waals surface area contributed by atoms with Gasteiger partial charge in [0.1, 0.15) is 5.78 Å². The SMILES string of the molecule is CC(C)(C)C(=O)CC(=O)c1ncc(C(C)(C)C)cn1. The first-order valence-corrected chi connectivity index (χ1v) is 6.41. The lowest BCUT2D eigenvalue weighted by molar-refractivity contribution is -0.125. The Morgan fingerprint density at radius 3 is 1.84 bits per heavy atom. The second-order valence-corrected chi connectivity index (χ2v) is 6.82. The second-order valence-electron chi connectivity index (χ2n) is 6.82. The van der Waals surface area contributed by atoms with E-state index in [0.717, 1.165) is 5.56 Å². The first kappa shape index (κ1) is 15.5. The smallest absolute Gasteiger partial charge is 0.207 e. The van der Waals surface area contributed by atoms with Gasteiger partial charge in [-0.05, 0) is 11.0 Å². The molecule has 0 aromatic carbocycles. The highest BCUT2D eigenvalue weighted by Crippen LogP contribution is 2.21. The van der Waals surface area contributed by atoms with Crippen molar-refractivity contribution in [2.75, 3.05) is 0 Å². The molecule has 1 aromatic heterocycles. The molecule has 0 aliphatic carbocycles. The highest BCUT2D eigenvalue weighted by molar-refractivity contribution is 6.07. The monoisotopic (exact) mass is 262 g/mol. The van der Waals surface area contributed by atoms with Crippen molar-refractivity contribution < 1.29 is 9.59 Å². The van der Waals surface area contributed by atoms with Gasteiger partial charge in [-0.1, -0.05) is 41.5 Å². The molecular weight excluding hydrogens is 240 g/mol. The quantitative estimate of drug-likeness (QED) is 0.620. The third-order valence-corrected chi connectivity index (χ3v) is 2.92. The van der Waals surface area contributed by atoms with E-state index in [1.165, 1.54) is 0 Å². The van der Waals surface area contributed by atoms with Crippen molar-refractivity contribution >= 4 is 11.6 Å². The molecule has 0 unspecified atom stereocenters. The molecule has 0 bridgehead atoms. The Morgan fingerprint density at radius 1 is 1.00 bits per heavy atom. The molecule has 0 aliphatic heterocycles. The van der Waals surface area contributed by atoms with Crippen LogP contribution in [0.25, 0.3) is 0 Å². The Hall–Kier alpha value is -1.58. The third-order valence-electron chi connectivity index (χ3n) is 2.92. The number of nitrogens with zero attached hydrogens (tertiary/aromatic N) is 2. The summed E-state index contributed by atoms with van der Waals surface area (Å²) >= 11 is 0. The minimum Gasteiger partial charge on any atom is -0.299 e. The van der Waals surface area contributed by atoms with Gasteiger partial charge < -0.3 is 0 Å². The molecule has 0 radical (unpaired) electrons. The maximum atomic E-state index is 11.9. The average molecular weight is 262 g/mol.